The Morgan fingerprint density at radius 3 is 2.67 bits per heavy atom. The second kappa shape index (κ2) is 7.87. The number of benzene rings is 1. The fraction of sp³-hybridized carbons (Fsp3) is 0.500. The van der Waals surface area contributed by atoms with Crippen LogP contribution in [0.3, 0.4) is 0 Å². The van der Waals surface area contributed by atoms with E-state index in [-0.39, 0.29) is 36.2 Å². The number of carbonyl (C=O) groups is 1. The summed E-state index contributed by atoms with van der Waals surface area (Å²) in [6.45, 7) is 1.92. The Hall–Kier alpha value is -1.76. The molecular weight excluding hydrogens is 285 g/mol. The van der Waals surface area contributed by atoms with Gasteiger partial charge in [0.25, 0.3) is 0 Å². The number of para-hydroxylation sites is 1. The van der Waals surface area contributed by atoms with E-state index in [1.54, 1.807) is 6.07 Å². The van der Waals surface area contributed by atoms with Crippen LogP contribution in [0.4, 0.5) is 13.2 Å². The van der Waals surface area contributed by atoms with Crippen LogP contribution in [0.5, 0.6) is 5.75 Å². The number of halogens is 3. The van der Waals surface area contributed by atoms with Crippen molar-refractivity contribution >= 4 is 5.91 Å². The zero-order chi connectivity index (χ0) is 15.9. The third-order valence-corrected chi connectivity index (χ3v) is 2.78. The zero-order valence-corrected chi connectivity index (χ0v) is 11.7. The molecular formula is C14H19F3N2O2. The van der Waals surface area contributed by atoms with Gasteiger partial charge in [-0.15, -0.1) is 13.2 Å². The lowest BCUT2D eigenvalue weighted by molar-refractivity contribution is -0.274. The average molecular weight is 304 g/mol. The first-order valence-electron chi connectivity index (χ1n) is 6.67. The molecule has 0 saturated carbocycles. The fourth-order valence-corrected chi connectivity index (χ4v) is 1.85. The number of hydrogen-bond acceptors (Lipinski definition) is 3. The molecule has 0 aromatic heterocycles. The van der Waals surface area contributed by atoms with Crippen LogP contribution >= 0.6 is 0 Å². The van der Waals surface area contributed by atoms with E-state index >= 15 is 0 Å². The van der Waals surface area contributed by atoms with Crippen LogP contribution in [0.15, 0.2) is 24.3 Å². The summed E-state index contributed by atoms with van der Waals surface area (Å²) in [4.78, 5) is 11.6. The third kappa shape index (κ3) is 6.99. The molecule has 21 heavy (non-hydrogen) atoms. The van der Waals surface area contributed by atoms with Gasteiger partial charge in [0.05, 0.1) is 0 Å². The highest BCUT2D eigenvalue weighted by Crippen LogP contribution is 2.26. The van der Waals surface area contributed by atoms with Crippen LogP contribution in [-0.2, 0) is 11.3 Å². The van der Waals surface area contributed by atoms with Gasteiger partial charge in [-0.1, -0.05) is 31.5 Å². The molecule has 0 saturated heterocycles. The summed E-state index contributed by atoms with van der Waals surface area (Å²) < 4.78 is 40.7. The molecule has 1 amide bonds. The van der Waals surface area contributed by atoms with Crippen LogP contribution in [0, 0.1) is 0 Å². The van der Waals surface area contributed by atoms with Gasteiger partial charge in [-0.25, -0.2) is 0 Å². The average Bonchev–Trinajstić information content (AvgIpc) is 2.36. The normalized spacial score (nSPS) is 12.8. The van der Waals surface area contributed by atoms with E-state index in [0.717, 1.165) is 12.8 Å². The number of nitrogens with one attached hydrogen (secondary N) is 1. The summed E-state index contributed by atoms with van der Waals surface area (Å²) in [5.74, 6) is -0.610. The minimum atomic E-state index is -4.76. The molecule has 0 aliphatic carbocycles. The second-order valence-electron chi connectivity index (χ2n) is 4.69. The molecule has 1 unspecified atom stereocenters. The lowest BCUT2D eigenvalue weighted by Gasteiger charge is -2.14. The predicted molar refractivity (Wildman–Crippen MR) is 72.5 cm³/mol. The number of hydrogen-bond donors (Lipinski definition) is 2. The van der Waals surface area contributed by atoms with Crippen molar-refractivity contribution < 1.29 is 22.7 Å². The predicted octanol–water partition coefficient (Wildman–Crippen LogP) is 2.72. The van der Waals surface area contributed by atoms with E-state index < -0.39 is 6.36 Å². The first-order chi connectivity index (χ1) is 9.81. The molecule has 1 aromatic carbocycles. The lowest BCUT2D eigenvalue weighted by Crippen LogP contribution is -2.31. The zero-order valence-electron chi connectivity index (χ0n) is 11.7. The van der Waals surface area contributed by atoms with E-state index in [1.165, 1.54) is 18.2 Å². The first kappa shape index (κ1) is 17.3. The van der Waals surface area contributed by atoms with Crippen LogP contribution in [0.25, 0.3) is 0 Å². The smallest absolute Gasteiger partial charge is 0.405 e. The molecule has 4 nitrogen and oxygen atoms in total. The molecule has 1 atom stereocenters. The summed E-state index contributed by atoms with van der Waals surface area (Å²) in [5, 5.41) is 2.55. The Balaban J connectivity index is 2.57. The Morgan fingerprint density at radius 1 is 1.38 bits per heavy atom. The summed E-state index contributed by atoms with van der Waals surface area (Å²) in [6, 6.07) is 5.44. The summed E-state index contributed by atoms with van der Waals surface area (Å²) >= 11 is 0. The van der Waals surface area contributed by atoms with Gasteiger partial charge in [0.15, 0.2) is 0 Å². The molecule has 0 spiro atoms. The van der Waals surface area contributed by atoms with Gasteiger partial charge in [0, 0.05) is 24.6 Å². The van der Waals surface area contributed by atoms with E-state index in [0.29, 0.717) is 0 Å². The SMILES string of the molecule is CCCC(N)CC(=O)NCc1ccccc1OC(F)(F)F. The maximum atomic E-state index is 12.3. The molecule has 0 fully saturated rings. The van der Waals surface area contributed by atoms with E-state index in [1.807, 2.05) is 6.92 Å². The van der Waals surface area contributed by atoms with Crippen molar-refractivity contribution in [1.82, 2.24) is 5.32 Å². The number of carbonyl (C=O) groups excluding carboxylic acids is 1. The van der Waals surface area contributed by atoms with Gasteiger partial charge in [0.1, 0.15) is 5.75 Å². The monoisotopic (exact) mass is 304 g/mol. The topological polar surface area (TPSA) is 64.4 Å². The van der Waals surface area contributed by atoms with E-state index in [2.05, 4.69) is 10.1 Å². The van der Waals surface area contributed by atoms with Gasteiger partial charge in [-0.2, -0.15) is 0 Å². The van der Waals surface area contributed by atoms with E-state index in [4.69, 9.17) is 5.73 Å². The van der Waals surface area contributed by atoms with Gasteiger partial charge >= 0.3 is 6.36 Å². The molecule has 1 rings (SSSR count). The highest BCUT2D eigenvalue weighted by molar-refractivity contribution is 5.76. The van der Waals surface area contributed by atoms with Crippen molar-refractivity contribution in [2.45, 2.75) is 45.1 Å². The van der Waals surface area contributed by atoms with Crippen molar-refractivity contribution in [3.05, 3.63) is 29.8 Å². The summed E-state index contributed by atoms with van der Waals surface area (Å²) in [6.07, 6.45) is -3.02. The fourth-order valence-electron chi connectivity index (χ4n) is 1.85. The standard InChI is InChI=1S/C14H19F3N2O2/c1-2-5-11(18)8-13(20)19-9-10-6-3-4-7-12(10)21-14(15,16)17/h3-4,6-7,11H,2,5,8-9,18H2,1H3,(H,19,20). The van der Waals surface area contributed by atoms with Gasteiger partial charge in [-0.3, -0.25) is 4.79 Å². The van der Waals surface area contributed by atoms with Gasteiger partial charge < -0.3 is 15.8 Å². The molecule has 0 bridgehead atoms. The molecule has 7 heteroatoms. The highest BCUT2D eigenvalue weighted by atomic mass is 19.4. The summed E-state index contributed by atoms with van der Waals surface area (Å²) in [5.41, 5.74) is 5.99. The van der Waals surface area contributed by atoms with Crippen molar-refractivity contribution in [2.24, 2.45) is 5.73 Å². The Morgan fingerprint density at radius 2 is 2.05 bits per heavy atom. The maximum absolute atomic E-state index is 12.3. The largest absolute Gasteiger partial charge is 0.573 e. The molecule has 118 valence electrons. The number of amides is 1. The number of ether oxygens (including phenoxy) is 1. The van der Waals surface area contributed by atoms with Crippen LogP contribution in [0.1, 0.15) is 31.7 Å². The minimum Gasteiger partial charge on any atom is -0.405 e. The second-order valence-corrected chi connectivity index (χ2v) is 4.69. The molecule has 1 aromatic rings. The van der Waals surface area contributed by atoms with Crippen LogP contribution in [-0.4, -0.2) is 18.3 Å². The molecule has 3 N–H and O–H groups in total. The van der Waals surface area contributed by atoms with Gasteiger partial charge in [-0.05, 0) is 12.5 Å². The quantitative estimate of drug-likeness (QED) is 0.814. The number of alkyl halides is 3. The number of nitrogens with two attached hydrogens (primary N) is 1. The Labute approximate surface area is 121 Å². The molecule has 0 aliphatic rings. The van der Waals surface area contributed by atoms with E-state index in [9.17, 15) is 18.0 Å². The molecule has 0 aliphatic heterocycles. The van der Waals surface area contributed by atoms with Crippen molar-refractivity contribution in [1.29, 1.82) is 0 Å². The van der Waals surface area contributed by atoms with Crippen molar-refractivity contribution in [3.63, 3.8) is 0 Å². The van der Waals surface area contributed by atoms with Gasteiger partial charge in [0.2, 0.25) is 5.91 Å². The lowest BCUT2D eigenvalue weighted by atomic mass is 10.1. The molecule has 0 heterocycles. The van der Waals surface area contributed by atoms with Crippen LogP contribution < -0.4 is 15.8 Å². The van der Waals surface area contributed by atoms with Crippen molar-refractivity contribution in [3.8, 4) is 5.75 Å². The summed E-state index contributed by atoms with van der Waals surface area (Å²) in [7, 11) is 0. The van der Waals surface area contributed by atoms with Crippen molar-refractivity contribution in [2.75, 3.05) is 0 Å². The highest BCUT2D eigenvalue weighted by Gasteiger charge is 2.31. The minimum absolute atomic E-state index is 0.0378. The number of rotatable bonds is 7. The third-order valence-electron chi connectivity index (χ3n) is 2.78. The van der Waals surface area contributed by atoms with Crippen LogP contribution in [0.2, 0.25) is 0 Å². The molecule has 0 radical (unpaired) electrons. The Bertz CT molecular complexity index is 464. The Kier molecular flexibility index (Phi) is 6.48. The first-order valence-corrected chi connectivity index (χ1v) is 6.67. The maximum Gasteiger partial charge on any atom is 0.573 e.